The van der Waals surface area contributed by atoms with Crippen molar-refractivity contribution >= 4 is 27.3 Å². The molecule has 10 heteroatoms. The third-order valence-electron chi connectivity index (χ3n) is 2.81. The lowest BCUT2D eigenvalue weighted by molar-refractivity contribution is -0.183. The van der Waals surface area contributed by atoms with E-state index in [1.54, 1.807) is 0 Å². The van der Waals surface area contributed by atoms with Crippen LogP contribution in [0.2, 0.25) is 0 Å². The van der Waals surface area contributed by atoms with Gasteiger partial charge in [0.05, 0.1) is 18.5 Å². The number of nitrogens with two attached hydrogens (primary N) is 1. The van der Waals surface area contributed by atoms with Gasteiger partial charge in [-0.25, -0.2) is 8.42 Å². The van der Waals surface area contributed by atoms with Crippen molar-refractivity contribution in [3.05, 3.63) is 24.3 Å². The zero-order valence-electron chi connectivity index (χ0n) is 12.0. The van der Waals surface area contributed by atoms with Gasteiger partial charge in [-0.2, -0.15) is 13.2 Å². The van der Waals surface area contributed by atoms with Crippen LogP contribution in [-0.2, 0) is 14.8 Å². The van der Waals surface area contributed by atoms with E-state index in [1.165, 1.54) is 24.3 Å². The Morgan fingerprint density at radius 3 is 2.09 bits per heavy atom. The van der Waals surface area contributed by atoms with E-state index in [9.17, 15) is 26.4 Å². The van der Waals surface area contributed by atoms with Crippen molar-refractivity contribution in [1.29, 1.82) is 0 Å². The minimum absolute atomic E-state index is 0.254. The number of hydrogen-bond acceptors (Lipinski definition) is 4. The summed E-state index contributed by atoms with van der Waals surface area (Å²) in [4.78, 5) is 11.5. The molecule has 1 aromatic carbocycles. The Kier molecular flexibility index (Phi) is 5.28. The number of likely N-dealkylation sites (N-methyl/N-ethyl adjacent to an activating group) is 1. The Morgan fingerprint density at radius 1 is 1.18 bits per heavy atom. The lowest BCUT2D eigenvalue weighted by atomic mass is 10.3. The molecule has 0 saturated heterocycles. The molecule has 1 rings (SSSR count). The quantitative estimate of drug-likeness (QED) is 0.813. The summed E-state index contributed by atoms with van der Waals surface area (Å²) < 4.78 is 61.3. The fraction of sp³-hybridized carbons (Fsp3) is 0.417. The van der Waals surface area contributed by atoms with E-state index in [2.05, 4.69) is 0 Å². The largest absolute Gasteiger partial charge is 0.471 e. The van der Waals surface area contributed by atoms with Crippen LogP contribution < -0.4 is 10.0 Å². The number of nitrogen functional groups attached to an aromatic ring is 1. The van der Waals surface area contributed by atoms with E-state index in [-0.39, 0.29) is 12.2 Å². The molecule has 0 aromatic heterocycles. The van der Waals surface area contributed by atoms with Gasteiger partial charge in [-0.15, -0.1) is 0 Å². The summed E-state index contributed by atoms with van der Waals surface area (Å²) >= 11 is 0. The highest BCUT2D eigenvalue weighted by molar-refractivity contribution is 7.92. The van der Waals surface area contributed by atoms with Crippen molar-refractivity contribution in [3.63, 3.8) is 0 Å². The number of alkyl halides is 3. The number of carbonyl (C=O) groups is 1. The molecule has 0 fully saturated rings. The molecule has 0 aliphatic carbocycles. The summed E-state index contributed by atoms with van der Waals surface area (Å²) in [6.45, 7) is -0.711. The van der Waals surface area contributed by atoms with Crippen molar-refractivity contribution in [2.45, 2.75) is 6.18 Å². The monoisotopic (exact) mass is 339 g/mol. The molecule has 0 aliphatic heterocycles. The van der Waals surface area contributed by atoms with E-state index in [4.69, 9.17) is 5.73 Å². The highest BCUT2D eigenvalue weighted by Crippen LogP contribution is 2.20. The molecule has 2 N–H and O–H groups in total. The lowest BCUT2D eigenvalue weighted by Crippen LogP contribution is -2.43. The number of nitrogens with zero attached hydrogens (tertiary/aromatic N) is 2. The van der Waals surface area contributed by atoms with Crippen molar-refractivity contribution in [3.8, 4) is 0 Å². The highest BCUT2D eigenvalue weighted by atomic mass is 32.2. The normalized spacial score (nSPS) is 12.0. The van der Waals surface area contributed by atoms with Crippen LogP contribution >= 0.6 is 0 Å². The average molecular weight is 339 g/mol. The third kappa shape index (κ3) is 4.79. The van der Waals surface area contributed by atoms with Crippen LogP contribution in [0, 0.1) is 0 Å². The molecule has 1 amide bonds. The predicted molar refractivity (Wildman–Crippen MR) is 76.7 cm³/mol. The number of carbonyl (C=O) groups excluding carboxylic acids is 1. The molecule has 6 nitrogen and oxygen atoms in total. The smallest absolute Gasteiger partial charge is 0.399 e. The van der Waals surface area contributed by atoms with E-state index >= 15 is 0 Å². The van der Waals surface area contributed by atoms with Gasteiger partial charge in [-0.05, 0) is 24.3 Å². The van der Waals surface area contributed by atoms with Crippen LogP contribution in [0.1, 0.15) is 0 Å². The van der Waals surface area contributed by atoms with Gasteiger partial charge in [0, 0.05) is 19.3 Å². The van der Waals surface area contributed by atoms with Gasteiger partial charge in [0.1, 0.15) is 0 Å². The maximum Gasteiger partial charge on any atom is 0.471 e. The number of sulfonamides is 1. The number of amides is 1. The second-order valence-corrected chi connectivity index (χ2v) is 6.56. The summed E-state index contributed by atoms with van der Waals surface area (Å²) in [6, 6.07) is 5.81. The Morgan fingerprint density at radius 2 is 1.68 bits per heavy atom. The molecule has 22 heavy (non-hydrogen) atoms. The van der Waals surface area contributed by atoms with Gasteiger partial charge in [0.25, 0.3) is 0 Å². The lowest BCUT2D eigenvalue weighted by Gasteiger charge is -2.26. The predicted octanol–water partition coefficient (Wildman–Crippen LogP) is 1.06. The molecule has 0 aliphatic rings. The van der Waals surface area contributed by atoms with Crippen LogP contribution in [0.25, 0.3) is 0 Å². The molecule has 0 atom stereocenters. The zero-order chi connectivity index (χ0) is 17.1. The van der Waals surface area contributed by atoms with Crippen LogP contribution in [0.4, 0.5) is 24.5 Å². The maximum atomic E-state index is 12.3. The van der Waals surface area contributed by atoms with Gasteiger partial charge < -0.3 is 10.6 Å². The van der Waals surface area contributed by atoms with Crippen LogP contribution in [0.15, 0.2) is 24.3 Å². The Hall–Kier alpha value is -1.97. The first-order chi connectivity index (χ1) is 9.93. The average Bonchev–Trinajstić information content (AvgIpc) is 2.37. The number of anilines is 2. The molecule has 0 spiro atoms. The molecule has 0 radical (unpaired) electrons. The molecule has 1 aromatic rings. The third-order valence-corrected chi connectivity index (χ3v) is 4.00. The minimum Gasteiger partial charge on any atom is -0.399 e. The Labute approximate surface area is 126 Å². The molecule has 0 bridgehead atoms. The second-order valence-electron chi connectivity index (χ2n) is 4.65. The molecule has 0 saturated carbocycles. The van der Waals surface area contributed by atoms with Crippen LogP contribution in [-0.4, -0.2) is 51.8 Å². The van der Waals surface area contributed by atoms with Gasteiger partial charge in [0.2, 0.25) is 10.0 Å². The summed E-state index contributed by atoms with van der Waals surface area (Å²) in [5, 5.41) is 0. The summed E-state index contributed by atoms with van der Waals surface area (Å²) in [7, 11) is -2.76. The fourth-order valence-corrected chi connectivity index (χ4v) is 2.60. The second kappa shape index (κ2) is 6.42. The maximum absolute atomic E-state index is 12.3. The first kappa shape index (κ1) is 18.1. The SMILES string of the molecule is CN(CCN(c1ccc(N)cc1)S(C)(=O)=O)C(=O)C(F)(F)F. The van der Waals surface area contributed by atoms with E-state index in [1.807, 2.05) is 0 Å². The number of rotatable bonds is 5. The summed E-state index contributed by atoms with van der Waals surface area (Å²) in [6.07, 6.45) is -4.07. The van der Waals surface area contributed by atoms with Gasteiger partial charge in [-0.3, -0.25) is 9.10 Å². The van der Waals surface area contributed by atoms with Gasteiger partial charge in [0.15, 0.2) is 0 Å². The highest BCUT2D eigenvalue weighted by Gasteiger charge is 2.41. The molecular formula is C12H16F3N3O3S. The first-order valence-electron chi connectivity index (χ1n) is 6.08. The molecular weight excluding hydrogens is 323 g/mol. The van der Waals surface area contributed by atoms with Crippen LogP contribution in [0.3, 0.4) is 0 Å². The standard InChI is InChI=1S/C12H16F3N3O3S/c1-17(11(19)12(13,14)15)7-8-18(22(2,20)21)10-5-3-9(16)4-6-10/h3-6H,7-8,16H2,1-2H3. The van der Waals surface area contributed by atoms with E-state index in [0.29, 0.717) is 10.6 Å². The molecule has 0 heterocycles. The topological polar surface area (TPSA) is 83.7 Å². The zero-order valence-corrected chi connectivity index (χ0v) is 12.8. The number of benzene rings is 1. The Bertz CT molecular complexity index is 629. The van der Waals surface area contributed by atoms with Crippen molar-refractivity contribution in [2.24, 2.45) is 0 Å². The van der Waals surface area contributed by atoms with Crippen molar-refractivity contribution in [2.75, 3.05) is 36.4 Å². The number of halogens is 3. The van der Waals surface area contributed by atoms with Crippen molar-refractivity contribution in [1.82, 2.24) is 4.90 Å². The Balaban J connectivity index is 2.89. The van der Waals surface area contributed by atoms with E-state index < -0.39 is 28.7 Å². The fourth-order valence-electron chi connectivity index (χ4n) is 1.69. The molecule has 124 valence electrons. The van der Waals surface area contributed by atoms with Gasteiger partial charge in [-0.1, -0.05) is 0 Å². The number of hydrogen-bond donors (Lipinski definition) is 1. The summed E-state index contributed by atoms with van der Waals surface area (Å²) in [5.41, 5.74) is 6.17. The van der Waals surface area contributed by atoms with Crippen molar-refractivity contribution < 1.29 is 26.4 Å². The van der Waals surface area contributed by atoms with Crippen LogP contribution in [0.5, 0.6) is 0 Å². The van der Waals surface area contributed by atoms with Gasteiger partial charge >= 0.3 is 12.1 Å². The molecule has 0 unspecified atom stereocenters. The first-order valence-corrected chi connectivity index (χ1v) is 7.93. The summed E-state index contributed by atoms with van der Waals surface area (Å²) in [5.74, 6) is -2.03. The minimum atomic E-state index is -4.99. The van der Waals surface area contributed by atoms with E-state index in [0.717, 1.165) is 17.6 Å².